The van der Waals surface area contributed by atoms with Crippen LogP contribution in [-0.2, 0) is 10.0 Å². The second kappa shape index (κ2) is 9.36. The van der Waals surface area contributed by atoms with Gasteiger partial charge < -0.3 is 15.1 Å². The average Bonchev–Trinajstić information content (AvgIpc) is 3.33. The summed E-state index contributed by atoms with van der Waals surface area (Å²) in [7, 11) is -3.18. The Morgan fingerprint density at radius 2 is 1.58 bits per heavy atom. The highest BCUT2D eigenvalue weighted by Gasteiger charge is 2.25. The first-order chi connectivity index (χ1) is 15.7. The Morgan fingerprint density at radius 3 is 2.15 bits per heavy atom. The van der Waals surface area contributed by atoms with Crippen LogP contribution in [-0.4, -0.2) is 69.1 Å². The number of nitrogens with zero attached hydrogens (tertiary/aromatic N) is 4. The quantitative estimate of drug-likeness (QED) is 0.506. The fourth-order valence-corrected chi connectivity index (χ4v) is 5.10. The summed E-state index contributed by atoms with van der Waals surface area (Å²) in [5.41, 5.74) is 2.23. The Hall–Kier alpha value is -3.18. The van der Waals surface area contributed by atoms with Gasteiger partial charge in [0.05, 0.1) is 11.2 Å². The Labute approximate surface area is 193 Å². The van der Waals surface area contributed by atoms with Gasteiger partial charge in [0.2, 0.25) is 10.0 Å². The summed E-state index contributed by atoms with van der Waals surface area (Å²) in [5, 5.41) is 14.4. The molecule has 0 unspecified atom stereocenters. The molecule has 2 aromatic rings. The number of anilines is 3. The lowest BCUT2D eigenvalue weighted by atomic mass is 10.1. The maximum atomic E-state index is 12.7. The minimum atomic E-state index is -3.18. The molecule has 2 fully saturated rings. The number of nitrogens with one attached hydrogen (secondary N) is 1. The third kappa shape index (κ3) is 5.25. The Balaban J connectivity index is 1.42. The highest BCUT2D eigenvalue weighted by molar-refractivity contribution is 7.88. The Morgan fingerprint density at radius 1 is 0.939 bits per heavy atom. The zero-order valence-electron chi connectivity index (χ0n) is 18.4. The molecule has 33 heavy (non-hydrogen) atoms. The van der Waals surface area contributed by atoms with Crippen LogP contribution in [0, 0.1) is 10.1 Å². The Bertz CT molecular complexity index is 1140. The van der Waals surface area contributed by atoms with E-state index in [-0.39, 0.29) is 11.3 Å². The highest BCUT2D eigenvalue weighted by Crippen LogP contribution is 2.32. The number of hydrogen-bond donors (Lipinski definition) is 1. The summed E-state index contributed by atoms with van der Waals surface area (Å²) in [5.74, 6) is -0.416. The first kappa shape index (κ1) is 23.0. The number of benzene rings is 2. The number of rotatable bonds is 6. The van der Waals surface area contributed by atoms with E-state index in [1.807, 2.05) is 17.0 Å². The highest BCUT2D eigenvalue weighted by atomic mass is 32.2. The van der Waals surface area contributed by atoms with Crippen LogP contribution in [0.1, 0.15) is 23.2 Å². The van der Waals surface area contributed by atoms with E-state index in [4.69, 9.17) is 0 Å². The Kier molecular flexibility index (Phi) is 6.52. The maximum Gasteiger partial charge on any atom is 0.293 e. The lowest BCUT2D eigenvalue weighted by molar-refractivity contribution is -0.384. The van der Waals surface area contributed by atoms with Crippen molar-refractivity contribution in [1.82, 2.24) is 4.31 Å². The SMILES string of the molecule is CS(=O)(=O)N1CCN(c2ccc(NC(=O)c3ccc(N4CCCC4)c([N+](=O)[O-])c3)cc2)CC1. The van der Waals surface area contributed by atoms with E-state index in [1.54, 1.807) is 24.3 Å². The summed E-state index contributed by atoms with van der Waals surface area (Å²) in [6.45, 7) is 3.61. The van der Waals surface area contributed by atoms with Crippen LogP contribution in [0.4, 0.5) is 22.7 Å². The molecule has 2 saturated heterocycles. The monoisotopic (exact) mass is 473 g/mol. The zero-order chi connectivity index (χ0) is 23.6. The van der Waals surface area contributed by atoms with E-state index in [9.17, 15) is 23.3 Å². The minimum Gasteiger partial charge on any atom is -0.369 e. The van der Waals surface area contributed by atoms with E-state index in [0.717, 1.165) is 31.6 Å². The lowest BCUT2D eigenvalue weighted by Crippen LogP contribution is -2.48. The van der Waals surface area contributed by atoms with Gasteiger partial charge in [-0.25, -0.2) is 8.42 Å². The van der Waals surface area contributed by atoms with Crippen molar-refractivity contribution < 1.29 is 18.1 Å². The molecule has 1 N–H and O–H groups in total. The van der Waals surface area contributed by atoms with Crippen molar-refractivity contribution in [2.45, 2.75) is 12.8 Å². The molecule has 0 spiro atoms. The first-order valence-corrected chi connectivity index (χ1v) is 12.7. The number of carbonyl (C=O) groups is 1. The number of carbonyl (C=O) groups excluding carboxylic acids is 1. The smallest absolute Gasteiger partial charge is 0.293 e. The second-order valence-corrected chi connectivity index (χ2v) is 10.3. The number of piperazine rings is 1. The molecule has 1 amide bonds. The van der Waals surface area contributed by atoms with Crippen LogP contribution in [0.25, 0.3) is 0 Å². The van der Waals surface area contributed by atoms with Crippen LogP contribution in [0.15, 0.2) is 42.5 Å². The van der Waals surface area contributed by atoms with Gasteiger partial charge >= 0.3 is 0 Å². The molecule has 4 rings (SSSR count). The maximum absolute atomic E-state index is 12.7. The number of sulfonamides is 1. The zero-order valence-corrected chi connectivity index (χ0v) is 19.3. The van der Waals surface area contributed by atoms with Crippen LogP contribution in [0.3, 0.4) is 0 Å². The topological polar surface area (TPSA) is 116 Å². The van der Waals surface area contributed by atoms with Gasteiger partial charge in [-0.3, -0.25) is 14.9 Å². The molecule has 0 atom stereocenters. The molecule has 11 heteroatoms. The van der Waals surface area contributed by atoms with E-state index in [1.165, 1.54) is 16.6 Å². The fourth-order valence-electron chi connectivity index (χ4n) is 4.27. The summed E-state index contributed by atoms with van der Waals surface area (Å²) < 4.78 is 24.8. The number of hydrogen-bond acceptors (Lipinski definition) is 7. The van der Waals surface area contributed by atoms with Crippen LogP contribution in [0.2, 0.25) is 0 Å². The minimum absolute atomic E-state index is 0.0619. The first-order valence-electron chi connectivity index (χ1n) is 10.9. The van der Waals surface area contributed by atoms with Crippen LogP contribution in [0.5, 0.6) is 0 Å². The van der Waals surface area contributed by atoms with Crippen molar-refractivity contribution in [3.8, 4) is 0 Å². The molecular formula is C22H27N5O5S. The largest absolute Gasteiger partial charge is 0.369 e. The lowest BCUT2D eigenvalue weighted by Gasteiger charge is -2.34. The molecular weight excluding hydrogens is 446 g/mol. The molecule has 0 saturated carbocycles. The van der Waals surface area contributed by atoms with Gasteiger partial charge in [-0.05, 0) is 49.2 Å². The summed E-state index contributed by atoms with van der Waals surface area (Å²) >= 11 is 0. The fraction of sp³-hybridized carbons (Fsp3) is 0.409. The van der Waals surface area contributed by atoms with Crippen molar-refractivity contribution in [2.24, 2.45) is 0 Å². The molecule has 0 aliphatic carbocycles. The van der Waals surface area contributed by atoms with E-state index < -0.39 is 20.9 Å². The van der Waals surface area contributed by atoms with Gasteiger partial charge in [0.25, 0.3) is 11.6 Å². The third-order valence-electron chi connectivity index (χ3n) is 6.08. The second-order valence-electron chi connectivity index (χ2n) is 8.30. The molecule has 2 heterocycles. The summed E-state index contributed by atoms with van der Waals surface area (Å²) in [6.07, 6.45) is 3.22. The molecule has 2 aliphatic rings. The van der Waals surface area contributed by atoms with Crippen LogP contribution < -0.4 is 15.1 Å². The average molecular weight is 474 g/mol. The van der Waals surface area contributed by atoms with Gasteiger partial charge in [0.15, 0.2) is 0 Å². The third-order valence-corrected chi connectivity index (χ3v) is 7.38. The van der Waals surface area contributed by atoms with Gasteiger partial charge in [0.1, 0.15) is 5.69 Å². The predicted octanol–water partition coefficient (Wildman–Crippen LogP) is 2.53. The van der Waals surface area contributed by atoms with Crippen LogP contribution >= 0.6 is 0 Å². The molecule has 0 radical (unpaired) electrons. The van der Waals surface area contributed by atoms with Gasteiger partial charge in [-0.2, -0.15) is 4.31 Å². The normalized spacial score (nSPS) is 17.2. The molecule has 2 aromatic carbocycles. The molecule has 10 nitrogen and oxygen atoms in total. The predicted molar refractivity (Wildman–Crippen MR) is 128 cm³/mol. The molecule has 0 aromatic heterocycles. The van der Waals surface area contributed by atoms with E-state index in [2.05, 4.69) is 10.2 Å². The van der Waals surface area contributed by atoms with Crippen molar-refractivity contribution in [3.63, 3.8) is 0 Å². The summed E-state index contributed by atoms with van der Waals surface area (Å²) in [4.78, 5) is 27.9. The van der Waals surface area contributed by atoms with Crippen molar-refractivity contribution in [1.29, 1.82) is 0 Å². The van der Waals surface area contributed by atoms with Gasteiger partial charge in [0, 0.05) is 62.3 Å². The number of amides is 1. The van der Waals surface area contributed by atoms with E-state index >= 15 is 0 Å². The van der Waals surface area contributed by atoms with Gasteiger partial charge in [-0.15, -0.1) is 0 Å². The standard InChI is InChI=1S/C22H27N5O5S/c1-33(31,32)26-14-12-24(13-15-26)19-7-5-18(6-8-19)23-22(28)17-4-9-20(21(16-17)27(29)30)25-10-2-3-11-25/h4-9,16H,2-3,10-15H2,1H3,(H,23,28). The molecule has 2 aliphatic heterocycles. The summed E-state index contributed by atoms with van der Waals surface area (Å²) in [6, 6.07) is 11.9. The molecule has 0 bridgehead atoms. The number of nitro groups is 1. The van der Waals surface area contributed by atoms with Gasteiger partial charge in [-0.1, -0.05) is 0 Å². The molecule has 176 valence electrons. The van der Waals surface area contributed by atoms with Crippen molar-refractivity contribution >= 4 is 38.7 Å². The van der Waals surface area contributed by atoms with Crippen molar-refractivity contribution in [2.75, 3.05) is 60.6 Å². The number of nitro benzene ring substituents is 1. The van der Waals surface area contributed by atoms with Crippen molar-refractivity contribution in [3.05, 3.63) is 58.1 Å². The van der Waals surface area contributed by atoms with E-state index in [0.29, 0.717) is 37.6 Å².